The molecule has 0 saturated heterocycles. The fourth-order valence-corrected chi connectivity index (χ4v) is 1.89. The van der Waals surface area contributed by atoms with Gasteiger partial charge in [0.05, 0.1) is 0 Å². The summed E-state index contributed by atoms with van der Waals surface area (Å²) < 4.78 is 13.3. The van der Waals surface area contributed by atoms with Gasteiger partial charge in [-0.2, -0.15) is 0 Å². The second-order valence-corrected chi connectivity index (χ2v) is 3.86. The molecule has 0 unspecified atom stereocenters. The molecule has 2 rings (SSSR count). The summed E-state index contributed by atoms with van der Waals surface area (Å²) in [4.78, 5) is 0. The third kappa shape index (κ3) is 1.35. The first-order valence-corrected chi connectivity index (χ1v) is 4.70. The molecule has 70 valence electrons. The second-order valence-electron chi connectivity index (χ2n) is 3.86. The van der Waals surface area contributed by atoms with E-state index in [0.717, 1.165) is 18.4 Å². The summed E-state index contributed by atoms with van der Waals surface area (Å²) in [5.41, 5.74) is 6.67. The molecule has 0 aliphatic heterocycles. The summed E-state index contributed by atoms with van der Waals surface area (Å²) in [6, 6.07) is 6.92. The molecule has 0 amide bonds. The van der Waals surface area contributed by atoms with Crippen LogP contribution >= 0.6 is 0 Å². The Morgan fingerprint density at radius 2 is 2.23 bits per heavy atom. The lowest BCUT2D eigenvalue weighted by atomic mass is 10.0. The molecule has 0 bridgehead atoms. The van der Waals surface area contributed by atoms with Gasteiger partial charge in [0.25, 0.3) is 0 Å². The van der Waals surface area contributed by atoms with Crippen molar-refractivity contribution in [2.75, 3.05) is 0 Å². The van der Waals surface area contributed by atoms with Crippen molar-refractivity contribution in [2.24, 2.45) is 5.73 Å². The highest BCUT2D eigenvalue weighted by Crippen LogP contribution is 2.51. The maximum atomic E-state index is 13.3. The highest BCUT2D eigenvalue weighted by atomic mass is 19.1. The Hall–Kier alpha value is -0.890. The van der Waals surface area contributed by atoms with Gasteiger partial charge in [0.15, 0.2) is 0 Å². The van der Waals surface area contributed by atoms with E-state index in [2.05, 4.69) is 6.92 Å². The average Bonchev–Trinajstić information content (AvgIpc) is 2.80. The maximum Gasteiger partial charge on any atom is 0.126 e. The summed E-state index contributed by atoms with van der Waals surface area (Å²) in [5, 5.41) is 0. The predicted molar refractivity (Wildman–Crippen MR) is 51.0 cm³/mol. The molecule has 1 aliphatic carbocycles. The molecule has 1 nitrogen and oxygen atoms in total. The molecule has 0 spiro atoms. The zero-order chi connectivity index (χ0) is 9.47. The SMILES string of the molecule is CC[C@@]1(N)C[C@@H]1c1ccccc1F. The van der Waals surface area contributed by atoms with E-state index in [1.54, 1.807) is 6.07 Å². The maximum absolute atomic E-state index is 13.3. The van der Waals surface area contributed by atoms with E-state index in [9.17, 15) is 4.39 Å². The van der Waals surface area contributed by atoms with Crippen LogP contribution in [0.1, 0.15) is 31.2 Å². The molecular weight excluding hydrogens is 165 g/mol. The number of hydrogen-bond acceptors (Lipinski definition) is 1. The lowest BCUT2D eigenvalue weighted by Gasteiger charge is -2.08. The molecule has 2 atom stereocenters. The summed E-state index contributed by atoms with van der Waals surface area (Å²) in [6.45, 7) is 2.06. The summed E-state index contributed by atoms with van der Waals surface area (Å²) >= 11 is 0. The third-order valence-corrected chi connectivity index (χ3v) is 3.06. The van der Waals surface area contributed by atoms with Gasteiger partial charge in [0.1, 0.15) is 5.82 Å². The minimum atomic E-state index is -0.137. The van der Waals surface area contributed by atoms with Gasteiger partial charge in [0, 0.05) is 11.5 Å². The highest BCUT2D eigenvalue weighted by molar-refractivity contribution is 5.33. The number of halogens is 1. The molecule has 2 N–H and O–H groups in total. The van der Waals surface area contributed by atoms with Gasteiger partial charge in [-0.05, 0) is 24.5 Å². The number of nitrogens with two attached hydrogens (primary N) is 1. The Labute approximate surface area is 77.8 Å². The fraction of sp³-hybridized carbons (Fsp3) is 0.455. The Morgan fingerprint density at radius 3 is 2.77 bits per heavy atom. The molecule has 1 aliphatic rings. The van der Waals surface area contributed by atoms with Crippen molar-refractivity contribution in [1.29, 1.82) is 0 Å². The minimum absolute atomic E-state index is 0.117. The molecule has 1 aromatic rings. The molecule has 1 saturated carbocycles. The lowest BCUT2D eigenvalue weighted by molar-refractivity contribution is 0.583. The fourth-order valence-electron chi connectivity index (χ4n) is 1.89. The summed E-state index contributed by atoms with van der Waals surface area (Å²) in [6.07, 6.45) is 1.84. The molecule has 0 radical (unpaired) electrons. The van der Waals surface area contributed by atoms with Gasteiger partial charge in [-0.25, -0.2) is 4.39 Å². The third-order valence-electron chi connectivity index (χ3n) is 3.06. The van der Waals surface area contributed by atoms with E-state index >= 15 is 0 Å². The van der Waals surface area contributed by atoms with E-state index in [1.165, 1.54) is 6.07 Å². The molecule has 1 aromatic carbocycles. The quantitative estimate of drug-likeness (QED) is 0.741. The van der Waals surface area contributed by atoms with E-state index in [0.29, 0.717) is 0 Å². The van der Waals surface area contributed by atoms with Crippen molar-refractivity contribution in [1.82, 2.24) is 0 Å². The zero-order valence-electron chi connectivity index (χ0n) is 7.76. The van der Waals surface area contributed by atoms with Gasteiger partial charge in [-0.1, -0.05) is 25.1 Å². The van der Waals surface area contributed by atoms with E-state index in [-0.39, 0.29) is 17.3 Å². The van der Waals surface area contributed by atoms with Crippen LogP contribution in [0.4, 0.5) is 4.39 Å². The average molecular weight is 179 g/mol. The second kappa shape index (κ2) is 2.81. The molecular formula is C11H14FN. The molecule has 13 heavy (non-hydrogen) atoms. The summed E-state index contributed by atoms with van der Waals surface area (Å²) in [7, 11) is 0. The van der Waals surface area contributed by atoms with Crippen LogP contribution in [0, 0.1) is 5.82 Å². The van der Waals surface area contributed by atoms with Gasteiger partial charge < -0.3 is 5.73 Å². The Kier molecular flexibility index (Phi) is 1.88. The van der Waals surface area contributed by atoms with Crippen LogP contribution < -0.4 is 5.73 Å². The normalized spacial score (nSPS) is 31.8. The van der Waals surface area contributed by atoms with Gasteiger partial charge in [-0.3, -0.25) is 0 Å². The highest BCUT2D eigenvalue weighted by Gasteiger charge is 2.50. The first-order chi connectivity index (χ1) is 6.17. The minimum Gasteiger partial charge on any atom is -0.325 e. The van der Waals surface area contributed by atoms with Crippen molar-refractivity contribution in [3.63, 3.8) is 0 Å². The molecule has 1 fully saturated rings. The van der Waals surface area contributed by atoms with Crippen molar-refractivity contribution < 1.29 is 4.39 Å². The monoisotopic (exact) mass is 179 g/mol. The van der Waals surface area contributed by atoms with Crippen LogP contribution in [0.3, 0.4) is 0 Å². The van der Waals surface area contributed by atoms with E-state index in [4.69, 9.17) is 5.73 Å². The first kappa shape index (κ1) is 8.70. The lowest BCUT2D eigenvalue weighted by Crippen LogP contribution is -2.23. The van der Waals surface area contributed by atoms with Crippen LogP contribution in [0.2, 0.25) is 0 Å². The number of benzene rings is 1. The molecule has 0 aromatic heterocycles. The summed E-state index contributed by atoms with van der Waals surface area (Å²) in [5.74, 6) is 0.118. The molecule has 2 heteroatoms. The van der Waals surface area contributed by atoms with Gasteiger partial charge in [0.2, 0.25) is 0 Å². The van der Waals surface area contributed by atoms with Gasteiger partial charge >= 0.3 is 0 Å². The Morgan fingerprint density at radius 1 is 1.54 bits per heavy atom. The Bertz CT molecular complexity index is 324. The van der Waals surface area contributed by atoms with Crippen LogP contribution in [-0.2, 0) is 0 Å². The predicted octanol–water partition coefficient (Wildman–Crippen LogP) is 2.42. The number of hydrogen-bond donors (Lipinski definition) is 1. The van der Waals surface area contributed by atoms with Crippen LogP contribution in [0.25, 0.3) is 0 Å². The van der Waals surface area contributed by atoms with Crippen molar-refractivity contribution in [3.05, 3.63) is 35.6 Å². The van der Waals surface area contributed by atoms with Crippen molar-refractivity contribution in [3.8, 4) is 0 Å². The smallest absolute Gasteiger partial charge is 0.126 e. The van der Waals surface area contributed by atoms with Crippen molar-refractivity contribution in [2.45, 2.75) is 31.2 Å². The van der Waals surface area contributed by atoms with Crippen molar-refractivity contribution >= 4 is 0 Å². The first-order valence-electron chi connectivity index (χ1n) is 4.70. The zero-order valence-corrected chi connectivity index (χ0v) is 7.76. The van der Waals surface area contributed by atoms with E-state index in [1.807, 2.05) is 12.1 Å². The number of rotatable bonds is 2. The van der Waals surface area contributed by atoms with E-state index < -0.39 is 0 Å². The van der Waals surface area contributed by atoms with Crippen LogP contribution in [0.15, 0.2) is 24.3 Å². The Balaban J connectivity index is 2.25. The standard InChI is InChI=1S/C11H14FN/c1-2-11(13)7-9(11)8-5-3-4-6-10(8)12/h3-6,9H,2,7,13H2,1H3/t9-,11-/m1/s1. The topological polar surface area (TPSA) is 26.0 Å². The largest absolute Gasteiger partial charge is 0.325 e. The molecule has 0 heterocycles. The van der Waals surface area contributed by atoms with Crippen LogP contribution in [-0.4, -0.2) is 5.54 Å². The van der Waals surface area contributed by atoms with Crippen LogP contribution in [0.5, 0.6) is 0 Å². The van der Waals surface area contributed by atoms with Gasteiger partial charge in [-0.15, -0.1) is 0 Å².